The van der Waals surface area contributed by atoms with E-state index in [0.29, 0.717) is 6.42 Å². The van der Waals surface area contributed by atoms with Gasteiger partial charge in [0.25, 0.3) is 5.56 Å². The molecule has 0 radical (unpaired) electrons. The molecule has 9 heteroatoms. The highest BCUT2D eigenvalue weighted by atomic mass is 16.5. The summed E-state index contributed by atoms with van der Waals surface area (Å²) in [6.07, 6.45) is 3.99. The number of rotatable bonds is 3. The zero-order valence-electron chi connectivity index (χ0n) is 10.4. The fraction of sp³-hybridized carbons (Fsp3) is 0.455. The van der Waals surface area contributed by atoms with Crippen molar-refractivity contribution in [1.29, 1.82) is 0 Å². The SMILES string of the molecule is O=c1ccn([C@H]2CC(n3ccnn3)[C@@H](CO)O2)c(=O)[nH]1. The van der Waals surface area contributed by atoms with Crippen molar-refractivity contribution in [3.63, 3.8) is 0 Å². The Morgan fingerprint density at radius 1 is 1.45 bits per heavy atom. The highest BCUT2D eigenvalue weighted by Crippen LogP contribution is 2.35. The molecule has 2 aromatic rings. The highest BCUT2D eigenvalue weighted by Gasteiger charge is 2.37. The molecule has 1 aliphatic heterocycles. The van der Waals surface area contributed by atoms with Gasteiger partial charge in [0, 0.05) is 24.9 Å². The van der Waals surface area contributed by atoms with Gasteiger partial charge in [-0.05, 0) is 0 Å². The van der Waals surface area contributed by atoms with Crippen LogP contribution < -0.4 is 11.2 Å². The third kappa shape index (κ3) is 2.17. The van der Waals surface area contributed by atoms with Crippen molar-refractivity contribution in [2.75, 3.05) is 6.61 Å². The van der Waals surface area contributed by atoms with E-state index in [0.717, 1.165) is 0 Å². The van der Waals surface area contributed by atoms with Gasteiger partial charge in [-0.2, -0.15) is 0 Å². The van der Waals surface area contributed by atoms with Gasteiger partial charge in [-0.25, -0.2) is 9.48 Å². The fourth-order valence-corrected chi connectivity index (χ4v) is 2.38. The van der Waals surface area contributed by atoms with Gasteiger partial charge in [0.05, 0.1) is 18.8 Å². The van der Waals surface area contributed by atoms with E-state index in [9.17, 15) is 14.7 Å². The molecule has 106 valence electrons. The van der Waals surface area contributed by atoms with Crippen molar-refractivity contribution in [3.05, 3.63) is 45.5 Å². The largest absolute Gasteiger partial charge is 0.394 e. The minimum atomic E-state index is -0.564. The van der Waals surface area contributed by atoms with Crippen LogP contribution in [0.3, 0.4) is 0 Å². The second-order valence-corrected chi connectivity index (χ2v) is 4.52. The van der Waals surface area contributed by atoms with Gasteiger partial charge in [0.1, 0.15) is 12.3 Å². The summed E-state index contributed by atoms with van der Waals surface area (Å²) in [6.45, 7) is -0.195. The van der Waals surface area contributed by atoms with Gasteiger partial charge in [-0.1, -0.05) is 5.21 Å². The third-order valence-electron chi connectivity index (χ3n) is 3.33. The Morgan fingerprint density at radius 3 is 2.95 bits per heavy atom. The first kappa shape index (κ1) is 12.8. The Morgan fingerprint density at radius 2 is 2.30 bits per heavy atom. The molecule has 2 N–H and O–H groups in total. The van der Waals surface area contributed by atoms with Gasteiger partial charge in [-0.3, -0.25) is 14.3 Å². The van der Waals surface area contributed by atoms with Crippen molar-refractivity contribution in [2.24, 2.45) is 0 Å². The zero-order chi connectivity index (χ0) is 14.1. The van der Waals surface area contributed by atoms with Gasteiger partial charge in [0.2, 0.25) is 0 Å². The molecule has 0 saturated carbocycles. The quantitative estimate of drug-likeness (QED) is 0.717. The number of aromatic nitrogens is 5. The van der Waals surface area contributed by atoms with Crippen LogP contribution in [0.4, 0.5) is 0 Å². The van der Waals surface area contributed by atoms with E-state index in [1.54, 1.807) is 10.9 Å². The van der Waals surface area contributed by atoms with Crippen molar-refractivity contribution in [2.45, 2.75) is 24.8 Å². The van der Waals surface area contributed by atoms with E-state index in [-0.39, 0.29) is 12.6 Å². The zero-order valence-corrected chi connectivity index (χ0v) is 10.4. The number of hydrogen-bond acceptors (Lipinski definition) is 6. The Bertz CT molecular complexity index is 691. The lowest BCUT2D eigenvalue weighted by Crippen LogP contribution is -2.31. The maximum absolute atomic E-state index is 11.7. The van der Waals surface area contributed by atoms with Crippen LogP contribution in [0.5, 0.6) is 0 Å². The molecular weight excluding hydrogens is 266 g/mol. The van der Waals surface area contributed by atoms with Gasteiger partial charge < -0.3 is 9.84 Å². The monoisotopic (exact) mass is 279 g/mol. The molecule has 3 atom stereocenters. The van der Waals surface area contributed by atoms with E-state index >= 15 is 0 Å². The van der Waals surface area contributed by atoms with Crippen LogP contribution in [0.1, 0.15) is 18.7 Å². The van der Waals surface area contributed by atoms with Crippen LogP contribution in [0.15, 0.2) is 34.2 Å². The molecule has 3 rings (SSSR count). The molecule has 2 aromatic heterocycles. The smallest absolute Gasteiger partial charge is 0.330 e. The molecule has 0 bridgehead atoms. The molecule has 1 fully saturated rings. The maximum Gasteiger partial charge on any atom is 0.330 e. The summed E-state index contributed by atoms with van der Waals surface area (Å²) >= 11 is 0. The first-order valence-corrected chi connectivity index (χ1v) is 6.12. The van der Waals surface area contributed by atoms with Crippen molar-refractivity contribution in [1.82, 2.24) is 24.5 Å². The van der Waals surface area contributed by atoms with E-state index in [1.165, 1.54) is 23.0 Å². The van der Waals surface area contributed by atoms with Crippen molar-refractivity contribution < 1.29 is 9.84 Å². The fourth-order valence-electron chi connectivity index (χ4n) is 2.38. The topological polar surface area (TPSA) is 115 Å². The van der Waals surface area contributed by atoms with Crippen LogP contribution in [0.25, 0.3) is 0 Å². The number of aliphatic hydroxyl groups is 1. The predicted molar refractivity (Wildman–Crippen MR) is 66.0 cm³/mol. The van der Waals surface area contributed by atoms with Crippen LogP contribution >= 0.6 is 0 Å². The van der Waals surface area contributed by atoms with Gasteiger partial charge >= 0.3 is 5.69 Å². The Kier molecular flexibility index (Phi) is 3.20. The molecule has 9 nitrogen and oxygen atoms in total. The number of aliphatic hydroxyl groups excluding tert-OH is 1. The lowest BCUT2D eigenvalue weighted by Gasteiger charge is -2.15. The summed E-state index contributed by atoms with van der Waals surface area (Å²) in [4.78, 5) is 25.0. The molecule has 1 saturated heterocycles. The third-order valence-corrected chi connectivity index (χ3v) is 3.33. The molecule has 1 aliphatic rings. The lowest BCUT2D eigenvalue weighted by atomic mass is 10.1. The Hall–Kier alpha value is -2.26. The summed E-state index contributed by atoms with van der Waals surface area (Å²) < 4.78 is 8.54. The molecule has 0 amide bonds. The number of H-pyrrole nitrogens is 1. The predicted octanol–water partition coefficient (Wildman–Crippen LogP) is -1.35. The standard InChI is InChI=1S/C11H13N5O4/c17-6-8-7(16-4-2-12-14-16)5-10(20-8)15-3-1-9(18)13-11(15)19/h1-4,7-8,10,17H,5-6H2,(H,13,18,19)/t7?,8-,10-/m1/s1. The van der Waals surface area contributed by atoms with Crippen molar-refractivity contribution >= 4 is 0 Å². The normalized spacial score (nSPS) is 25.9. The number of ether oxygens (including phenoxy) is 1. The average Bonchev–Trinajstić information content (AvgIpc) is 3.07. The average molecular weight is 279 g/mol. The number of nitrogens with zero attached hydrogens (tertiary/aromatic N) is 4. The van der Waals surface area contributed by atoms with Gasteiger partial charge in [0.15, 0.2) is 0 Å². The van der Waals surface area contributed by atoms with Gasteiger partial charge in [-0.15, -0.1) is 5.10 Å². The summed E-state index contributed by atoms with van der Waals surface area (Å²) in [5.41, 5.74) is -1.01. The summed E-state index contributed by atoms with van der Waals surface area (Å²) in [5.74, 6) is 0. The Labute approximate surface area is 112 Å². The van der Waals surface area contributed by atoms with Crippen LogP contribution in [-0.4, -0.2) is 42.4 Å². The summed E-state index contributed by atoms with van der Waals surface area (Å²) in [7, 11) is 0. The van der Waals surface area contributed by atoms with E-state index in [4.69, 9.17) is 4.74 Å². The van der Waals surface area contributed by atoms with Crippen LogP contribution in [-0.2, 0) is 4.74 Å². The molecular formula is C11H13N5O4. The molecule has 0 aliphatic carbocycles. The second kappa shape index (κ2) is 5.02. The highest BCUT2D eigenvalue weighted by molar-refractivity contribution is 4.90. The van der Waals surface area contributed by atoms with Crippen LogP contribution in [0, 0.1) is 0 Å². The summed E-state index contributed by atoms with van der Waals surface area (Å²) in [5, 5.41) is 17.0. The van der Waals surface area contributed by atoms with Crippen LogP contribution in [0.2, 0.25) is 0 Å². The molecule has 20 heavy (non-hydrogen) atoms. The number of nitrogens with one attached hydrogen (secondary N) is 1. The minimum Gasteiger partial charge on any atom is -0.394 e. The molecule has 3 heterocycles. The summed E-state index contributed by atoms with van der Waals surface area (Å²) in [6, 6.07) is 1.04. The molecule has 0 spiro atoms. The maximum atomic E-state index is 11.7. The first-order valence-electron chi connectivity index (χ1n) is 6.12. The molecule has 0 aromatic carbocycles. The lowest BCUT2D eigenvalue weighted by molar-refractivity contribution is -0.0322. The first-order chi connectivity index (χ1) is 9.69. The van der Waals surface area contributed by atoms with Crippen molar-refractivity contribution in [3.8, 4) is 0 Å². The number of aromatic amines is 1. The van der Waals surface area contributed by atoms with E-state index in [1.807, 2.05) is 0 Å². The Balaban J connectivity index is 1.90. The van der Waals surface area contributed by atoms with E-state index in [2.05, 4.69) is 15.3 Å². The van der Waals surface area contributed by atoms with E-state index < -0.39 is 23.6 Å². The minimum absolute atomic E-state index is 0.195. The number of hydrogen-bond donors (Lipinski definition) is 2. The second-order valence-electron chi connectivity index (χ2n) is 4.52. The molecule has 1 unspecified atom stereocenters.